The number of nitrogen functional groups attached to an aromatic ring is 1. The second-order valence-corrected chi connectivity index (χ2v) is 7.63. The van der Waals surface area contributed by atoms with Crippen molar-refractivity contribution in [2.45, 2.75) is 20.0 Å². The van der Waals surface area contributed by atoms with Gasteiger partial charge >= 0.3 is 5.69 Å². The van der Waals surface area contributed by atoms with Gasteiger partial charge in [-0.1, -0.05) is 36.4 Å². The summed E-state index contributed by atoms with van der Waals surface area (Å²) < 4.78 is 21.0. The van der Waals surface area contributed by atoms with Gasteiger partial charge in [-0.3, -0.25) is 23.6 Å². The quantitative estimate of drug-likeness (QED) is 0.471. The van der Waals surface area contributed by atoms with Gasteiger partial charge < -0.3 is 10.5 Å². The van der Waals surface area contributed by atoms with Crippen molar-refractivity contribution in [2.75, 3.05) is 32.5 Å². The Morgan fingerprint density at radius 2 is 1.82 bits per heavy atom. The molecule has 0 aliphatic rings. The predicted molar refractivity (Wildman–Crippen MR) is 124 cm³/mol. The molecule has 3 rings (SSSR count). The number of nitrogens with two attached hydrogens (primary N) is 1. The molecule has 0 amide bonds. The number of carbonyl (C=O) groups is 1. The summed E-state index contributed by atoms with van der Waals surface area (Å²) in [5.41, 5.74) is 5.53. The number of ketones is 1. The van der Waals surface area contributed by atoms with Gasteiger partial charge in [0.15, 0.2) is 5.78 Å². The normalized spacial score (nSPS) is 11.0. The van der Waals surface area contributed by atoms with E-state index in [4.69, 9.17) is 10.5 Å². The molecular weight excluding hydrogens is 427 g/mol. The first-order chi connectivity index (χ1) is 15.8. The maximum atomic E-state index is 13.2. The minimum Gasteiger partial charge on any atom is -0.492 e. The monoisotopic (exact) mass is 454 g/mol. The topological polar surface area (TPSA) is 99.6 Å². The number of hydrogen-bond donors (Lipinski definition) is 1. The second-order valence-electron chi connectivity index (χ2n) is 7.63. The van der Waals surface area contributed by atoms with Crippen LogP contribution in [0.2, 0.25) is 0 Å². The predicted octanol–water partition coefficient (Wildman–Crippen LogP) is 1.99. The van der Waals surface area contributed by atoms with Gasteiger partial charge in [-0.25, -0.2) is 9.18 Å². The van der Waals surface area contributed by atoms with Crippen LogP contribution in [0.4, 0.5) is 10.2 Å². The Bertz CT molecular complexity index is 1240. The number of ether oxygens (including phenoxy) is 1. The Balaban J connectivity index is 1.77. The number of likely N-dealkylation sites (N-methyl/N-ethyl adjacent to an activating group) is 1. The standard InChI is InChI=1S/C24H27FN4O4/c1-3-28-23(31)21(22(26)29(24(28)32)15-17-8-5-4-6-9-17)20(30)16-27(2)12-13-33-19-11-7-10-18(25)14-19/h4-11,14H,3,12-13,15-16,26H2,1-2H3. The zero-order chi connectivity index (χ0) is 24.0. The van der Waals surface area contributed by atoms with Gasteiger partial charge in [0.25, 0.3) is 5.56 Å². The van der Waals surface area contributed by atoms with Gasteiger partial charge in [-0.15, -0.1) is 0 Å². The molecular formula is C24H27FN4O4. The fourth-order valence-electron chi connectivity index (χ4n) is 3.45. The minimum atomic E-state index is -0.696. The van der Waals surface area contributed by atoms with E-state index in [9.17, 15) is 18.8 Å². The summed E-state index contributed by atoms with van der Waals surface area (Å²) in [6, 6.07) is 15.0. The number of anilines is 1. The van der Waals surface area contributed by atoms with Crippen LogP contribution in [0.1, 0.15) is 22.8 Å². The molecule has 9 heteroatoms. The molecule has 3 aromatic rings. The third-order valence-corrected chi connectivity index (χ3v) is 5.20. The highest BCUT2D eigenvalue weighted by Gasteiger charge is 2.23. The number of Topliss-reactive ketones (excluding diaryl/α,β-unsaturated/α-hetero) is 1. The molecule has 33 heavy (non-hydrogen) atoms. The number of nitrogens with zero attached hydrogens (tertiary/aromatic N) is 3. The van der Waals surface area contributed by atoms with Crippen LogP contribution in [-0.4, -0.2) is 46.6 Å². The molecule has 8 nitrogen and oxygen atoms in total. The molecule has 1 aromatic heterocycles. The lowest BCUT2D eigenvalue weighted by Crippen LogP contribution is -2.45. The number of aromatic nitrogens is 2. The fraction of sp³-hybridized carbons (Fsp3) is 0.292. The Hall–Kier alpha value is -3.72. The molecule has 2 aromatic carbocycles. The van der Waals surface area contributed by atoms with Gasteiger partial charge in [-0.05, 0) is 31.7 Å². The van der Waals surface area contributed by atoms with Gasteiger partial charge in [-0.2, -0.15) is 0 Å². The van der Waals surface area contributed by atoms with Crippen molar-refractivity contribution in [3.8, 4) is 5.75 Å². The second kappa shape index (κ2) is 10.7. The van der Waals surface area contributed by atoms with Gasteiger partial charge in [0.2, 0.25) is 0 Å². The average molecular weight is 455 g/mol. The van der Waals surface area contributed by atoms with E-state index in [-0.39, 0.29) is 37.6 Å². The smallest absolute Gasteiger partial charge is 0.332 e. The van der Waals surface area contributed by atoms with Crippen molar-refractivity contribution >= 4 is 11.6 Å². The van der Waals surface area contributed by atoms with Crippen molar-refractivity contribution in [1.29, 1.82) is 0 Å². The molecule has 0 aliphatic heterocycles. The first-order valence-electron chi connectivity index (χ1n) is 10.6. The van der Waals surface area contributed by atoms with Gasteiger partial charge in [0.1, 0.15) is 29.6 Å². The lowest BCUT2D eigenvalue weighted by atomic mass is 10.1. The summed E-state index contributed by atoms with van der Waals surface area (Å²) in [5, 5.41) is 0. The van der Waals surface area contributed by atoms with E-state index in [0.29, 0.717) is 12.3 Å². The van der Waals surface area contributed by atoms with Crippen molar-refractivity contribution in [3.63, 3.8) is 0 Å². The van der Waals surface area contributed by atoms with Crippen molar-refractivity contribution in [2.24, 2.45) is 0 Å². The first-order valence-corrected chi connectivity index (χ1v) is 10.6. The molecule has 0 unspecified atom stereocenters. The molecule has 0 spiro atoms. The number of halogens is 1. The van der Waals surface area contributed by atoms with E-state index in [0.717, 1.165) is 10.1 Å². The van der Waals surface area contributed by atoms with Gasteiger partial charge in [0.05, 0.1) is 13.1 Å². The van der Waals surface area contributed by atoms with Crippen LogP contribution in [0, 0.1) is 5.82 Å². The molecule has 0 fully saturated rings. The molecule has 0 bridgehead atoms. The van der Waals surface area contributed by atoms with Crippen molar-refractivity contribution in [3.05, 3.63) is 92.4 Å². The third-order valence-electron chi connectivity index (χ3n) is 5.20. The summed E-state index contributed by atoms with van der Waals surface area (Å²) in [6.07, 6.45) is 0. The van der Waals surface area contributed by atoms with Crippen molar-refractivity contribution < 1.29 is 13.9 Å². The van der Waals surface area contributed by atoms with Crippen LogP contribution in [-0.2, 0) is 13.1 Å². The molecule has 0 atom stereocenters. The van der Waals surface area contributed by atoms with Crippen LogP contribution in [0.5, 0.6) is 5.75 Å². The highest BCUT2D eigenvalue weighted by atomic mass is 19.1. The molecule has 174 valence electrons. The maximum Gasteiger partial charge on any atom is 0.332 e. The lowest BCUT2D eigenvalue weighted by molar-refractivity contribution is 0.0936. The summed E-state index contributed by atoms with van der Waals surface area (Å²) >= 11 is 0. The number of rotatable bonds is 10. The van der Waals surface area contributed by atoms with Crippen LogP contribution < -0.4 is 21.7 Å². The van der Waals surface area contributed by atoms with Crippen LogP contribution in [0.3, 0.4) is 0 Å². The summed E-state index contributed by atoms with van der Waals surface area (Å²) in [4.78, 5) is 40.4. The number of benzene rings is 2. The zero-order valence-corrected chi connectivity index (χ0v) is 18.7. The average Bonchev–Trinajstić information content (AvgIpc) is 2.78. The van der Waals surface area contributed by atoms with Crippen molar-refractivity contribution in [1.82, 2.24) is 14.0 Å². The van der Waals surface area contributed by atoms with Crippen LogP contribution >= 0.6 is 0 Å². The molecule has 0 saturated heterocycles. The number of carbonyl (C=O) groups excluding carboxylic acids is 1. The minimum absolute atomic E-state index is 0.0980. The molecule has 0 aliphatic carbocycles. The Labute approximate surface area is 190 Å². The maximum absolute atomic E-state index is 13.2. The van der Waals surface area contributed by atoms with E-state index in [1.54, 1.807) is 31.0 Å². The summed E-state index contributed by atoms with van der Waals surface area (Å²) in [6.45, 7) is 2.39. The zero-order valence-electron chi connectivity index (χ0n) is 18.7. The molecule has 2 N–H and O–H groups in total. The summed E-state index contributed by atoms with van der Waals surface area (Å²) in [5.74, 6) is -0.648. The van der Waals surface area contributed by atoms with Gasteiger partial charge in [0, 0.05) is 19.2 Å². The first kappa shape index (κ1) is 23.9. The third kappa shape index (κ3) is 5.75. The molecule has 0 saturated carbocycles. The summed E-state index contributed by atoms with van der Waals surface area (Å²) in [7, 11) is 1.70. The van der Waals surface area contributed by atoms with E-state index >= 15 is 0 Å². The number of hydrogen-bond acceptors (Lipinski definition) is 6. The lowest BCUT2D eigenvalue weighted by Gasteiger charge is -2.19. The van der Waals surface area contributed by atoms with E-state index in [1.807, 2.05) is 30.3 Å². The SMILES string of the molecule is CCn1c(=O)c(C(=O)CN(C)CCOc2cccc(F)c2)c(N)n(Cc2ccccc2)c1=O. The fourth-order valence-corrected chi connectivity index (χ4v) is 3.45. The molecule has 0 radical (unpaired) electrons. The highest BCUT2D eigenvalue weighted by molar-refractivity contribution is 6.01. The van der Waals surface area contributed by atoms with E-state index in [1.165, 1.54) is 16.7 Å². The Morgan fingerprint density at radius 3 is 2.48 bits per heavy atom. The largest absolute Gasteiger partial charge is 0.492 e. The Morgan fingerprint density at radius 1 is 1.09 bits per heavy atom. The van der Waals surface area contributed by atoms with E-state index in [2.05, 4.69) is 0 Å². The van der Waals surface area contributed by atoms with Crippen LogP contribution in [0.15, 0.2) is 64.2 Å². The molecule has 1 heterocycles. The van der Waals surface area contributed by atoms with Crippen LogP contribution in [0.25, 0.3) is 0 Å². The van der Waals surface area contributed by atoms with E-state index < -0.39 is 22.8 Å². The Kier molecular flexibility index (Phi) is 7.78. The highest BCUT2D eigenvalue weighted by Crippen LogP contribution is 2.12.